The minimum atomic E-state index is -0.670. The Kier molecular flexibility index (Phi) is 6.71. The normalized spacial score (nSPS) is 10.4. The van der Waals surface area contributed by atoms with Crippen molar-refractivity contribution < 1.29 is 19.1 Å². The van der Waals surface area contributed by atoms with Crippen LogP contribution in [0.4, 0.5) is 5.69 Å². The smallest absolute Gasteiger partial charge is 0.338 e. The zero-order chi connectivity index (χ0) is 22.4. The van der Waals surface area contributed by atoms with Gasteiger partial charge in [-0.25, -0.2) is 9.48 Å². The molecule has 2 aromatic carbocycles. The number of hydrogen-bond donors (Lipinski definition) is 1. The van der Waals surface area contributed by atoms with Gasteiger partial charge in [0.1, 0.15) is 6.33 Å². The van der Waals surface area contributed by atoms with Gasteiger partial charge in [0.2, 0.25) is 5.91 Å². The third-order valence-electron chi connectivity index (χ3n) is 4.57. The van der Waals surface area contributed by atoms with Crippen LogP contribution in [0.15, 0.2) is 48.8 Å². The van der Waals surface area contributed by atoms with Gasteiger partial charge in [0.15, 0.2) is 6.61 Å². The van der Waals surface area contributed by atoms with Crippen LogP contribution < -0.4 is 5.32 Å². The highest BCUT2D eigenvalue weighted by Gasteiger charge is 2.17. The predicted octanol–water partition coefficient (Wildman–Crippen LogP) is 1.53. The van der Waals surface area contributed by atoms with Crippen molar-refractivity contribution in [3.8, 4) is 5.69 Å². The fraction of sp³-hybridized carbons (Fsp3) is 0.238. The van der Waals surface area contributed by atoms with Gasteiger partial charge in [-0.15, -0.1) is 5.10 Å². The van der Waals surface area contributed by atoms with Crippen LogP contribution in [-0.4, -0.2) is 63.1 Å². The van der Waals surface area contributed by atoms with E-state index < -0.39 is 18.5 Å². The van der Waals surface area contributed by atoms with Crippen LogP contribution >= 0.6 is 0 Å². The first kappa shape index (κ1) is 21.6. The van der Waals surface area contributed by atoms with Crippen molar-refractivity contribution >= 4 is 23.5 Å². The van der Waals surface area contributed by atoms with Gasteiger partial charge in [-0.3, -0.25) is 9.59 Å². The lowest BCUT2D eigenvalue weighted by Crippen LogP contribution is -2.37. The monoisotopic (exact) mass is 422 g/mol. The lowest BCUT2D eigenvalue weighted by Gasteiger charge is -2.18. The molecule has 1 N–H and O–H groups in total. The summed E-state index contributed by atoms with van der Waals surface area (Å²) >= 11 is 0. The lowest BCUT2D eigenvalue weighted by molar-refractivity contribution is -0.136. The molecule has 0 unspecified atom stereocenters. The van der Waals surface area contributed by atoms with Gasteiger partial charge in [0.05, 0.1) is 17.8 Å². The van der Waals surface area contributed by atoms with Crippen molar-refractivity contribution in [3.63, 3.8) is 0 Å². The van der Waals surface area contributed by atoms with Crippen molar-refractivity contribution in [3.05, 3.63) is 65.5 Å². The number of nitrogens with zero attached hydrogens (tertiary/aromatic N) is 5. The van der Waals surface area contributed by atoms with E-state index in [2.05, 4.69) is 20.8 Å². The Morgan fingerprint density at radius 1 is 1.10 bits per heavy atom. The predicted molar refractivity (Wildman–Crippen MR) is 112 cm³/mol. The van der Waals surface area contributed by atoms with Gasteiger partial charge in [-0.05, 0) is 53.6 Å². The van der Waals surface area contributed by atoms with Gasteiger partial charge < -0.3 is 15.0 Å². The van der Waals surface area contributed by atoms with E-state index in [1.54, 1.807) is 24.3 Å². The molecule has 0 spiro atoms. The van der Waals surface area contributed by atoms with Crippen LogP contribution in [0.2, 0.25) is 0 Å². The summed E-state index contributed by atoms with van der Waals surface area (Å²) in [4.78, 5) is 38.1. The summed E-state index contributed by atoms with van der Waals surface area (Å²) in [6.45, 7) is 3.14. The van der Waals surface area contributed by atoms with Gasteiger partial charge >= 0.3 is 5.97 Å². The molecule has 0 aliphatic rings. The van der Waals surface area contributed by atoms with Crippen LogP contribution in [0.3, 0.4) is 0 Å². The van der Waals surface area contributed by atoms with E-state index in [9.17, 15) is 14.4 Å². The molecule has 10 nitrogen and oxygen atoms in total. The Morgan fingerprint density at radius 2 is 1.81 bits per heavy atom. The summed E-state index contributed by atoms with van der Waals surface area (Å²) in [5, 5.41) is 13.7. The largest absolute Gasteiger partial charge is 0.452 e. The number of aromatic nitrogens is 4. The number of aryl methyl sites for hydroxylation is 2. The maximum Gasteiger partial charge on any atom is 0.338 e. The maximum atomic E-state index is 12.3. The number of rotatable bonds is 7. The van der Waals surface area contributed by atoms with Gasteiger partial charge in [0, 0.05) is 12.7 Å². The quantitative estimate of drug-likeness (QED) is 0.574. The third kappa shape index (κ3) is 5.50. The first-order valence-corrected chi connectivity index (χ1v) is 9.45. The Morgan fingerprint density at radius 3 is 2.48 bits per heavy atom. The van der Waals surface area contributed by atoms with E-state index in [1.165, 1.54) is 23.0 Å². The molecular weight excluding hydrogens is 400 g/mol. The average molecular weight is 422 g/mol. The second-order valence-corrected chi connectivity index (χ2v) is 6.95. The first-order chi connectivity index (χ1) is 14.8. The molecule has 0 aliphatic heterocycles. The molecule has 160 valence electrons. The number of carbonyl (C=O) groups is 3. The third-order valence-corrected chi connectivity index (χ3v) is 4.57. The Labute approximate surface area is 178 Å². The van der Waals surface area contributed by atoms with Crippen LogP contribution in [0.1, 0.15) is 21.5 Å². The summed E-state index contributed by atoms with van der Waals surface area (Å²) in [6, 6.07) is 12.2. The fourth-order valence-corrected chi connectivity index (χ4v) is 2.87. The van der Waals surface area contributed by atoms with Crippen molar-refractivity contribution in [1.82, 2.24) is 25.1 Å². The number of ether oxygens (including phenoxy) is 1. The standard InChI is InChI=1S/C21H22N6O4/c1-14-6-4-7-15(2)20(14)23-18(28)11-26(3)19(29)12-31-21(30)16-8-5-9-17(10-16)27-13-22-24-25-27/h4-10,13H,11-12H2,1-3H3,(H,23,28). The highest BCUT2D eigenvalue weighted by Crippen LogP contribution is 2.19. The highest BCUT2D eigenvalue weighted by molar-refractivity contribution is 5.96. The number of tetrazole rings is 1. The summed E-state index contributed by atoms with van der Waals surface area (Å²) in [5.41, 5.74) is 3.41. The number of esters is 1. The molecule has 3 rings (SSSR count). The van der Waals surface area contributed by atoms with Gasteiger partial charge in [-0.2, -0.15) is 0 Å². The van der Waals surface area contributed by atoms with Gasteiger partial charge in [-0.1, -0.05) is 24.3 Å². The maximum absolute atomic E-state index is 12.3. The number of carbonyl (C=O) groups excluding carboxylic acids is 3. The van der Waals surface area contributed by atoms with E-state index in [4.69, 9.17) is 4.74 Å². The average Bonchev–Trinajstić information content (AvgIpc) is 3.29. The first-order valence-electron chi connectivity index (χ1n) is 9.45. The topological polar surface area (TPSA) is 119 Å². The molecule has 3 aromatic rings. The van der Waals surface area contributed by atoms with E-state index in [1.807, 2.05) is 32.0 Å². The SMILES string of the molecule is Cc1cccc(C)c1NC(=O)CN(C)C(=O)COC(=O)c1cccc(-n2cnnn2)c1. The Balaban J connectivity index is 1.52. The molecule has 0 fully saturated rings. The molecular formula is C21H22N6O4. The number of likely N-dealkylation sites (N-methyl/N-ethyl adjacent to an activating group) is 1. The van der Waals surface area contributed by atoms with Crippen molar-refractivity contribution in [2.45, 2.75) is 13.8 Å². The Hall–Kier alpha value is -4.08. The lowest BCUT2D eigenvalue weighted by atomic mass is 10.1. The molecule has 2 amide bonds. The number of benzene rings is 2. The number of para-hydroxylation sites is 1. The molecule has 0 atom stereocenters. The molecule has 1 aromatic heterocycles. The molecule has 0 aliphatic carbocycles. The molecule has 0 saturated carbocycles. The van der Waals surface area contributed by atoms with E-state index in [-0.39, 0.29) is 18.0 Å². The van der Waals surface area contributed by atoms with Crippen molar-refractivity contribution in [2.75, 3.05) is 25.5 Å². The Bertz CT molecular complexity index is 1080. The van der Waals surface area contributed by atoms with E-state index in [0.717, 1.165) is 16.8 Å². The van der Waals surface area contributed by atoms with Crippen LogP contribution in [0.5, 0.6) is 0 Å². The minimum Gasteiger partial charge on any atom is -0.452 e. The molecule has 31 heavy (non-hydrogen) atoms. The summed E-state index contributed by atoms with van der Waals surface area (Å²) in [6.07, 6.45) is 1.40. The number of anilines is 1. The molecule has 1 heterocycles. The number of hydrogen-bond acceptors (Lipinski definition) is 7. The fourth-order valence-electron chi connectivity index (χ4n) is 2.87. The van der Waals surface area contributed by atoms with Crippen molar-refractivity contribution in [2.24, 2.45) is 0 Å². The molecule has 0 radical (unpaired) electrons. The van der Waals surface area contributed by atoms with Gasteiger partial charge in [0.25, 0.3) is 5.91 Å². The van der Waals surface area contributed by atoms with Crippen LogP contribution in [-0.2, 0) is 14.3 Å². The van der Waals surface area contributed by atoms with Crippen LogP contribution in [0.25, 0.3) is 5.69 Å². The molecule has 10 heteroatoms. The second-order valence-electron chi connectivity index (χ2n) is 6.95. The molecule has 0 bridgehead atoms. The summed E-state index contributed by atoms with van der Waals surface area (Å²) in [7, 11) is 1.47. The zero-order valence-electron chi connectivity index (χ0n) is 17.4. The summed E-state index contributed by atoms with van der Waals surface area (Å²) < 4.78 is 6.49. The minimum absolute atomic E-state index is 0.168. The zero-order valence-corrected chi connectivity index (χ0v) is 17.4. The van der Waals surface area contributed by atoms with E-state index >= 15 is 0 Å². The molecule has 0 saturated heterocycles. The number of amides is 2. The second kappa shape index (κ2) is 9.61. The number of nitrogens with one attached hydrogen (secondary N) is 1. The van der Waals surface area contributed by atoms with Crippen molar-refractivity contribution in [1.29, 1.82) is 0 Å². The summed E-state index contributed by atoms with van der Waals surface area (Å²) in [5.74, 6) is -1.51. The highest BCUT2D eigenvalue weighted by atomic mass is 16.5. The van der Waals surface area contributed by atoms with Crippen LogP contribution in [0, 0.1) is 13.8 Å². The van der Waals surface area contributed by atoms with E-state index in [0.29, 0.717) is 5.69 Å².